The molecule has 0 unspecified atom stereocenters. The lowest BCUT2D eigenvalue weighted by atomic mass is 9.86. The van der Waals surface area contributed by atoms with Gasteiger partial charge >= 0.3 is 0 Å². The van der Waals surface area contributed by atoms with Crippen LogP contribution in [0.3, 0.4) is 0 Å². The Balaban J connectivity index is 1.79. The van der Waals surface area contributed by atoms with Crippen LogP contribution in [0, 0.1) is 0 Å². The standard InChI is InChI=1S/C19H22N2O3/c1-2-19(24)11-12-21(13-17(19)22)18(23)16-10-6-9-15(20-16)14-7-4-3-5-8-14/h3-10,17,22,24H,2,11-13H2,1H3/t17-,19-/m1/s1. The fourth-order valence-corrected chi connectivity index (χ4v) is 3.05. The topological polar surface area (TPSA) is 73.7 Å². The third kappa shape index (κ3) is 3.18. The molecule has 24 heavy (non-hydrogen) atoms. The number of aliphatic hydroxyl groups is 2. The highest BCUT2D eigenvalue weighted by Gasteiger charge is 2.40. The molecule has 2 N–H and O–H groups in total. The van der Waals surface area contributed by atoms with Crippen molar-refractivity contribution in [1.82, 2.24) is 9.88 Å². The van der Waals surface area contributed by atoms with Gasteiger partial charge in [-0.05, 0) is 25.0 Å². The molecule has 0 spiro atoms. The quantitative estimate of drug-likeness (QED) is 0.906. The summed E-state index contributed by atoms with van der Waals surface area (Å²) in [6.45, 7) is 2.38. The van der Waals surface area contributed by atoms with Crippen molar-refractivity contribution in [3.8, 4) is 11.3 Å². The number of likely N-dealkylation sites (tertiary alicyclic amines) is 1. The number of β-amino-alcohol motifs (C(OH)–C–C–N with tert-alkyl or cyclic N) is 1. The van der Waals surface area contributed by atoms with Gasteiger partial charge in [0.1, 0.15) is 11.8 Å². The number of carbonyl (C=O) groups is 1. The summed E-state index contributed by atoms with van der Waals surface area (Å²) in [5.74, 6) is -0.218. The molecule has 1 amide bonds. The first-order chi connectivity index (χ1) is 11.5. The Kier molecular flexibility index (Phi) is 4.64. The van der Waals surface area contributed by atoms with E-state index in [-0.39, 0.29) is 12.5 Å². The van der Waals surface area contributed by atoms with Crippen LogP contribution < -0.4 is 0 Å². The summed E-state index contributed by atoms with van der Waals surface area (Å²) in [5, 5.41) is 20.5. The number of nitrogens with zero attached hydrogens (tertiary/aromatic N) is 2. The fourth-order valence-electron chi connectivity index (χ4n) is 3.05. The second-order valence-corrected chi connectivity index (χ2v) is 6.25. The largest absolute Gasteiger partial charge is 0.388 e. The zero-order valence-electron chi connectivity index (χ0n) is 13.7. The van der Waals surface area contributed by atoms with Gasteiger partial charge in [0.2, 0.25) is 0 Å². The van der Waals surface area contributed by atoms with Gasteiger partial charge in [-0.1, -0.05) is 43.3 Å². The molecule has 2 aromatic rings. The molecule has 5 nitrogen and oxygen atoms in total. The Hall–Kier alpha value is -2.24. The molecule has 1 aliphatic rings. The van der Waals surface area contributed by atoms with Crippen LogP contribution >= 0.6 is 0 Å². The maximum atomic E-state index is 12.7. The van der Waals surface area contributed by atoms with Crippen molar-refractivity contribution in [2.24, 2.45) is 0 Å². The third-order valence-corrected chi connectivity index (χ3v) is 4.77. The normalized spacial score (nSPS) is 24.0. The molecule has 5 heteroatoms. The van der Waals surface area contributed by atoms with Crippen LogP contribution in [-0.4, -0.2) is 50.8 Å². The average molecular weight is 326 g/mol. The maximum absolute atomic E-state index is 12.7. The van der Waals surface area contributed by atoms with Gasteiger partial charge in [-0.2, -0.15) is 0 Å². The summed E-state index contributed by atoms with van der Waals surface area (Å²) in [4.78, 5) is 18.7. The molecular weight excluding hydrogens is 304 g/mol. The molecule has 1 saturated heterocycles. The molecule has 1 fully saturated rings. The molecule has 1 aliphatic heterocycles. The van der Waals surface area contributed by atoms with E-state index in [4.69, 9.17) is 0 Å². The second-order valence-electron chi connectivity index (χ2n) is 6.25. The van der Waals surface area contributed by atoms with Crippen molar-refractivity contribution in [2.45, 2.75) is 31.5 Å². The molecule has 0 aliphatic carbocycles. The number of hydrogen-bond donors (Lipinski definition) is 2. The van der Waals surface area contributed by atoms with Gasteiger partial charge in [0.15, 0.2) is 0 Å². The summed E-state index contributed by atoms with van der Waals surface area (Å²) in [6.07, 6.45) is -0.0929. The Morgan fingerprint density at radius 1 is 1.25 bits per heavy atom. The van der Waals surface area contributed by atoms with Crippen LogP contribution in [0.2, 0.25) is 0 Å². The number of rotatable bonds is 3. The van der Waals surface area contributed by atoms with Crippen molar-refractivity contribution in [3.05, 3.63) is 54.2 Å². The SMILES string of the molecule is CC[C@@]1(O)CCN(C(=O)c2cccc(-c3ccccc3)n2)C[C@H]1O. The van der Waals surface area contributed by atoms with Gasteiger partial charge in [0.05, 0.1) is 11.3 Å². The number of hydrogen-bond acceptors (Lipinski definition) is 4. The molecule has 3 rings (SSSR count). The lowest BCUT2D eigenvalue weighted by molar-refractivity contribution is -0.114. The minimum Gasteiger partial charge on any atom is -0.388 e. The highest BCUT2D eigenvalue weighted by Crippen LogP contribution is 2.27. The lowest BCUT2D eigenvalue weighted by Crippen LogP contribution is -2.56. The van der Waals surface area contributed by atoms with Crippen molar-refractivity contribution in [2.75, 3.05) is 13.1 Å². The van der Waals surface area contributed by atoms with E-state index in [1.54, 1.807) is 11.0 Å². The zero-order chi connectivity index (χ0) is 17.2. The van der Waals surface area contributed by atoms with E-state index in [0.717, 1.165) is 11.3 Å². The maximum Gasteiger partial charge on any atom is 0.272 e. The number of benzene rings is 1. The van der Waals surface area contributed by atoms with Gasteiger partial charge in [-0.15, -0.1) is 0 Å². The van der Waals surface area contributed by atoms with Crippen molar-refractivity contribution < 1.29 is 15.0 Å². The van der Waals surface area contributed by atoms with E-state index < -0.39 is 11.7 Å². The minimum absolute atomic E-state index is 0.125. The molecule has 0 bridgehead atoms. The summed E-state index contributed by atoms with van der Waals surface area (Å²) in [6, 6.07) is 15.0. The number of pyridine rings is 1. The molecule has 2 atom stereocenters. The fraction of sp³-hybridized carbons (Fsp3) is 0.368. The van der Waals surface area contributed by atoms with E-state index >= 15 is 0 Å². The Morgan fingerprint density at radius 2 is 2.00 bits per heavy atom. The number of aromatic nitrogens is 1. The van der Waals surface area contributed by atoms with Crippen LogP contribution in [0.15, 0.2) is 48.5 Å². The molecular formula is C19H22N2O3. The van der Waals surface area contributed by atoms with E-state index in [9.17, 15) is 15.0 Å². The Morgan fingerprint density at radius 3 is 2.67 bits per heavy atom. The van der Waals surface area contributed by atoms with Gasteiger partial charge in [0.25, 0.3) is 5.91 Å². The van der Waals surface area contributed by atoms with E-state index in [2.05, 4.69) is 4.98 Å². The highest BCUT2D eigenvalue weighted by molar-refractivity contribution is 5.93. The number of carbonyl (C=O) groups excluding carboxylic acids is 1. The van der Waals surface area contributed by atoms with Crippen LogP contribution in [0.4, 0.5) is 0 Å². The molecule has 1 aromatic carbocycles. The summed E-state index contributed by atoms with van der Waals surface area (Å²) < 4.78 is 0. The van der Waals surface area contributed by atoms with Gasteiger partial charge in [-0.3, -0.25) is 4.79 Å². The summed E-state index contributed by atoms with van der Waals surface area (Å²) in [5.41, 5.74) is 0.941. The van der Waals surface area contributed by atoms with Gasteiger partial charge < -0.3 is 15.1 Å². The summed E-state index contributed by atoms with van der Waals surface area (Å²) in [7, 11) is 0. The predicted octanol–water partition coefficient (Wildman–Crippen LogP) is 2.10. The lowest BCUT2D eigenvalue weighted by Gasteiger charge is -2.41. The number of aliphatic hydroxyl groups excluding tert-OH is 1. The zero-order valence-corrected chi connectivity index (χ0v) is 13.7. The monoisotopic (exact) mass is 326 g/mol. The van der Waals surface area contributed by atoms with Crippen molar-refractivity contribution in [3.63, 3.8) is 0 Å². The Bertz CT molecular complexity index is 720. The molecule has 0 radical (unpaired) electrons. The van der Waals surface area contributed by atoms with Crippen molar-refractivity contribution in [1.29, 1.82) is 0 Å². The highest BCUT2D eigenvalue weighted by atomic mass is 16.3. The van der Waals surface area contributed by atoms with Crippen LogP contribution in [0.5, 0.6) is 0 Å². The van der Waals surface area contributed by atoms with Crippen LogP contribution in [-0.2, 0) is 0 Å². The first-order valence-corrected chi connectivity index (χ1v) is 8.26. The van der Waals surface area contributed by atoms with Gasteiger partial charge in [0, 0.05) is 18.7 Å². The predicted molar refractivity (Wildman–Crippen MR) is 91.4 cm³/mol. The minimum atomic E-state index is -1.10. The van der Waals surface area contributed by atoms with E-state index in [0.29, 0.717) is 25.1 Å². The first-order valence-electron chi connectivity index (χ1n) is 8.26. The smallest absolute Gasteiger partial charge is 0.272 e. The van der Waals surface area contributed by atoms with Crippen LogP contribution in [0.25, 0.3) is 11.3 Å². The first kappa shape index (κ1) is 16.6. The molecule has 1 aromatic heterocycles. The number of piperidine rings is 1. The van der Waals surface area contributed by atoms with Gasteiger partial charge in [-0.25, -0.2) is 4.98 Å². The molecule has 0 saturated carbocycles. The summed E-state index contributed by atoms with van der Waals surface area (Å²) >= 11 is 0. The second kappa shape index (κ2) is 6.71. The van der Waals surface area contributed by atoms with Crippen LogP contribution in [0.1, 0.15) is 30.3 Å². The molecule has 126 valence electrons. The van der Waals surface area contributed by atoms with E-state index in [1.165, 1.54) is 0 Å². The third-order valence-electron chi connectivity index (χ3n) is 4.77. The Labute approximate surface area is 141 Å². The average Bonchev–Trinajstić information content (AvgIpc) is 2.64. The van der Waals surface area contributed by atoms with E-state index in [1.807, 2.05) is 49.4 Å². The number of amides is 1. The molecule has 2 heterocycles. The van der Waals surface area contributed by atoms with Crippen molar-refractivity contribution >= 4 is 5.91 Å².